The van der Waals surface area contributed by atoms with Gasteiger partial charge in [-0.3, -0.25) is 9.20 Å². The van der Waals surface area contributed by atoms with Crippen LogP contribution in [0.4, 0.5) is 4.39 Å². The molecule has 1 saturated carbocycles. The summed E-state index contributed by atoms with van der Waals surface area (Å²) in [6, 6.07) is 21.8. The van der Waals surface area contributed by atoms with Gasteiger partial charge in [-0.1, -0.05) is 49.2 Å². The Hall–Kier alpha value is -3.51. The minimum atomic E-state index is -0.933. The van der Waals surface area contributed by atoms with E-state index in [2.05, 4.69) is 0 Å². The minimum Gasteiger partial charge on any atom is -0.385 e. The first-order chi connectivity index (χ1) is 17.1. The Bertz CT molecular complexity index is 1370. The van der Waals surface area contributed by atoms with Gasteiger partial charge in [-0.15, -0.1) is 0 Å². The summed E-state index contributed by atoms with van der Waals surface area (Å²) in [5.74, 6) is -0.0868. The Morgan fingerprint density at radius 3 is 2.51 bits per heavy atom. The van der Waals surface area contributed by atoms with E-state index in [0.717, 1.165) is 42.3 Å². The maximum Gasteiger partial charge on any atom is 0.290 e. The van der Waals surface area contributed by atoms with E-state index in [0.29, 0.717) is 24.5 Å². The number of imidazole rings is 1. The molecule has 1 amide bonds. The molecule has 2 fully saturated rings. The van der Waals surface area contributed by atoms with Gasteiger partial charge in [0.05, 0.1) is 16.8 Å². The van der Waals surface area contributed by atoms with Crippen LogP contribution in [0.2, 0.25) is 0 Å². The van der Waals surface area contributed by atoms with Gasteiger partial charge in [0, 0.05) is 30.3 Å². The molecule has 0 radical (unpaired) electrons. The Labute approximate surface area is 203 Å². The number of aromatic nitrogens is 2. The summed E-state index contributed by atoms with van der Waals surface area (Å²) in [6.45, 7) is 0.471. The molecule has 1 unspecified atom stereocenters. The molecule has 1 N–H and O–H groups in total. The van der Waals surface area contributed by atoms with Gasteiger partial charge in [0.2, 0.25) is 5.82 Å². The largest absolute Gasteiger partial charge is 0.385 e. The summed E-state index contributed by atoms with van der Waals surface area (Å²) in [6.07, 6.45) is 6.21. The van der Waals surface area contributed by atoms with E-state index >= 15 is 0 Å². The molecule has 2 aliphatic rings. The number of fused-ring (bicyclic) bond motifs is 2. The number of amides is 1. The molecule has 2 aromatic carbocycles. The topological polar surface area (TPSA) is 57.8 Å². The monoisotopic (exact) mass is 469 g/mol. The predicted molar refractivity (Wildman–Crippen MR) is 132 cm³/mol. The molecule has 1 aliphatic carbocycles. The number of pyridine rings is 1. The Morgan fingerprint density at radius 2 is 1.71 bits per heavy atom. The zero-order valence-corrected chi connectivity index (χ0v) is 19.5. The molecule has 1 aliphatic heterocycles. The van der Waals surface area contributed by atoms with Crippen molar-refractivity contribution in [3.63, 3.8) is 0 Å². The number of hydrogen-bond donors (Lipinski definition) is 1. The fourth-order valence-electron chi connectivity index (χ4n) is 6.16. The van der Waals surface area contributed by atoms with E-state index in [1.54, 1.807) is 12.1 Å². The number of carbonyl (C=O) groups is 1. The molecule has 4 aromatic rings. The third kappa shape index (κ3) is 3.64. The normalized spacial score (nSPS) is 24.3. The van der Waals surface area contributed by atoms with Crippen molar-refractivity contribution in [1.82, 2.24) is 14.3 Å². The smallest absolute Gasteiger partial charge is 0.290 e. The highest BCUT2D eigenvalue weighted by molar-refractivity contribution is 5.95. The quantitative estimate of drug-likeness (QED) is 0.435. The van der Waals surface area contributed by atoms with Gasteiger partial charge in [-0.25, -0.2) is 9.37 Å². The molecular weight excluding hydrogens is 441 g/mol. The first-order valence-electron chi connectivity index (χ1n) is 12.4. The van der Waals surface area contributed by atoms with Crippen LogP contribution in [0.3, 0.4) is 0 Å². The lowest BCUT2D eigenvalue weighted by Gasteiger charge is -2.52. The second-order valence-corrected chi connectivity index (χ2v) is 9.74. The first-order valence-corrected chi connectivity index (χ1v) is 12.4. The van der Waals surface area contributed by atoms with Gasteiger partial charge in [-0.05, 0) is 61.2 Å². The molecule has 35 heavy (non-hydrogen) atoms. The minimum absolute atomic E-state index is 0.0147. The van der Waals surface area contributed by atoms with Crippen molar-refractivity contribution >= 4 is 11.4 Å². The van der Waals surface area contributed by atoms with Crippen LogP contribution in [0, 0.1) is 11.7 Å². The standard InChI is InChI=1S/C29H28FN3O2/c30-22-15-13-20(14-16-22)26-25-12-6-7-18-32(25)27(31-26)28(34)33-19-17-29(35,21-8-2-1-3-9-21)23-10-4-5-11-24(23)33/h1-3,6-9,12-16,18,23-24,35H,4-5,10-11,17,19H2/t23-,24?,29-/m1/s1. The van der Waals surface area contributed by atoms with E-state index in [1.807, 2.05) is 64.0 Å². The predicted octanol–water partition coefficient (Wildman–Crippen LogP) is 5.43. The van der Waals surface area contributed by atoms with E-state index in [-0.39, 0.29) is 23.7 Å². The van der Waals surface area contributed by atoms with Crippen molar-refractivity contribution in [1.29, 1.82) is 0 Å². The van der Waals surface area contributed by atoms with Gasteiger partial charge in [0.1, 0.15) is 5.82 Å². The number of nitrogens with zero attached hydrogens (tertiary/aromatic N) is 3. The number of aliphatic hydroxyl groups is 1. The zero-order valence-electron chi connectivity index (χ0n) is 19.5. The van der Waals surface area contributed by atoms with Crippen LogP contribution in [0.15, 0.2) is 79.0 Å². The maximum atomic E-state index is 14.0. The number of rotatable bonds is 3. The molecule has 6 rings (SSSR count). The number of halogens is 1. The number of likely N-dealkylation sites (tertiary alicyclic amines) is 1. The summed E-state index contributed by atoms with van der Waals surface area (Å²) < 4.78 is 15.4. The maximum absolute atomic E-state index is 14.0. The molecule has 5 nitrogen and oxygen atoms in total. The Balaban J connectivity index is 1.39. The molecule has 0 spiro atoms. The van der Waals surface area contributed by atoms with Crippen molar-refractivity contribution in [2.24, 2.45) is 5.92 Å². The zero-order chi connectivity index (χ0) is 24.0. The van der Waals surface area contributed by atoms with Gasteiger partial charge in [0.15, 0.2) is 0 Å². The van der Waals surface area contributed by atoms with Gasteiger partial charge in [0.25, 0.3) is 5.91 Å². The van der Waals surface area contributed by atoms with Crippen molar-refractivity contribution in [2.75, 3.05) is 6.54 Å². The van der Waals surface area contributed by atoms with Crippen LogP contribution in [0.5, 0.6) is 0 Å². The third-order valence-corrected chi connectivity index (χ3v) is 7.87. The summed E-state index contributed by atoms with van der Waals surface area (Å²) in [7, 11) is 0. The average molecular weight is 470 g/mol. The van der Waals surface area contributed by atoms with E-state index in [4.69, 9.17) is 4.98 Å². The summed E-state index contributed by atoms with van der Waals surface area (Å²) in [5.41, 5.74) is 2.24. The second-order valence-electron chi connectivity index (χ2n) is 9.74. The van der Waals surface area contributed by atoms with Crippen molar-refractivity contribution in [3.8, 4) is 11.3 Å². The Morgan fingerprint density at radius 1 is 0.971 bits per heavy atom. The fraction of sp³-hybridized carbons (Fsp3) is 0.310. The van der Waals surface area contributed by atoms with Crippen LogP contribution in [0.25, 0.3) is 16.8 Å². The Kier molecular flexibility index (Phi) is 5.41. The fourth-order valence-corrected chi connectivity index (χ4v) is 6.16. The molecule has 178 valence electrons. The van der Waals surface area contributed by atoms with Gasteiger partial charge < -0.3 is 10.0 Å². The summed E-state index contributed by atoms with van der Waals surface area (Å²) >= 11 is 0. The van der Waals surface area contributed by atoms with E-state index in [1.165, 1.54) is 12.1 Å². The van der Waals surface area contributed by atoms with E-state index < -0.39 is 5.60 Å². The highest BCUT2D eigenvalue weighted by Crippen LogP contribution is 2.47. The number of hydrogen-bond acceptors (Lipinski definition) is 3. The average Bonchev–Trinajstić information content (AvgIpc) is 3.29. The molecule has 3 heterocycles. The van der Waals surface area contributed by atoms with Crippen LogP contribution >= 0.6 is 0 Å². The van der Waals surface area contributed by atoms with Gasteiger partial charge >= 0.3 is 0 Å². The third-order valence-electron chi connectivity index (χ3n) is 7.87. The van der Waals surface area contributed by atoms with Gasteiger partial charge in [-0.2, -0.15) is 0 Å². The first kappa shape index (κ1) is 22.0. The molecule has 6 heteroatoms. The van der Waals surface area contributed by atoms with Crippen molar-refractivity contribution < 1.29 is 14.3 Å². The lowest BCUT2D eigenvalue weighted by Crippen LogP contribution is -2.59. The number of benzene rings is 2. The molecule has 1 saturated heterocycles. The van der Waals surface area contributed by atoms with Crippen molar-refractivity contribution in [2.45, 2.75) is 43.7 Å². The van der Waals surface area contributed by atoms with Crippen LogP contribution in [0.1, 0.15) is 48.3 Å². The van der Waals surface area contributed by atoms with Crippen molar-refractivity contribution in [3.05, 3.63) is 96.2 Å². The SMILES string of the molecule is O=C(c1nc(-c2ccc(F)cc2)c2ccccn12)N1CC[C@@](O)(c2ccccc2)[C@@H]2CCCCC21. The highest BCUT2D eigenvalue weighted by Gasteiger charge is 2.50. The van der Waals surface area contributed by atoms with Crippen LogP contribution < -0.4 is 0 Å². The molecule has 3 atom stereocenters. The lowest BCUT2D eigenvalue weighted by molar-refractivity contribution is -0.110. The van der Waals surface area contributed by atoms with Crippen LogP contribution in [-0.4, -0.2) is 37.9 Å². The molecule has 0 bridgehead atoms. The summed E-state index contributed by atoms with van der Waals surface area (Å²) in [4.78, 5) is 20.7. The molecular formula is C29H28FN3O2. The highest BCUT2D eigenvalue weighted by atomic mass is 19.1. The van der Waals surface area contributed by atoms with E-state index in [9.17, 15) is 14.3 Å². The van der Waals surface area contributed by atoms with Crippen LogP contribution in [-0.2, 0) is 5.60 Å². The number of carbonyl (C=O) groups excluding carboxylic acids is 1. The summed E-state index contributed by atoms with van der Waals surface area (Å²) in [5, 5.41) is 11.9. The number of piperidine rings is 1. The molecule has 2 aromatic heterocycles. The second kappa shape index (κ2) is 8.61. The lowest BCUT2D eigenvalue weighted by atomic mass is 9.66.